The van der Waals surface area contributed by atoms with E-state index in [2.05, 4.69) is 12.2 Å². The highest BCUT2D eigenvalue weighted by Crippen LogP contribution is 2.34. The normalized spacial score (nSPS) is 33.9. The van der Waals surface area contributed by atoms with E-state index in [-0.39, 0.29) is 5.54 Å². The fourth-order valence-corrected chi connectivity index (χ4v) is 3.24. The summed E-state index contributed by atoms with van der Waals surface area (Å²) < 4.78 is 0. The van der Waals surface area contributed by atoms with E-state index in [1.165, 1.54) is 32.1 Å². The molecule has 0 radical (unpaired) electrons. The van der Waals surface area contributed by atoms with Crippen molar-refractivity contribution in [3.63, 3.8) is 0 Å². The van der Waals surface area contributed by atoms with Gasteiger partial charge in [-0.25, -0.2) is 0 Å². The SMILES string of the molecule is CN1CCCNC(C)(C2CCCCC2)C1=O. The summed E-state index contributed by atoms with van der Waals surface area (Å²) in [5, 5.41) is 3.52. The zero-order valence-electron chi connectivity index (χ0n) is 10.6. The van der Waals surface area contributed by atoms with Crippen LogP contribution in [0.25, 0.3) is 0 Å². The van der Waals surface area contributed by atoms with E-state index in [4.69, 9.17) is 0 Å². The minimum atomic E-state index is -0.300. The van der Waals surface area contributed by atoms with Gasteiger partial charge < -0.3 is 10.2 Å². The van der Waals surface area contributed by atoms with E-state index < -0.39 is 0 Å². The van der Waals surface area contributed by atoms with Gasteiger partial charge >= 0.3 is 0 Å². The molecule has 1 atom stereocenters. The van der Waals surface area contributed by atoms with Gasteiger partial charge in [0.05, 0.1) is 5.54 Å². The predicted molar refractivity (Wildman–Crippen MR) is 65.2 cm³/mol. The van der Waals surface area contributed by atoms with Gasteiger partial charge in [-0.15, -0.1) is 0 Å². The van der Waals surface area contributed by atoms with Crippen LogP contribution >= 0.6 is 0 Å². The number of carbonyl (C=O) groups is 1. The molecule has 2 aliphatic rings. The molecule has 1 aliphatic heterocycles. The van der Waals surface area contributed by atoms with Crippen molar-refractivity contribution in [2.45, 2.75) is 51.0 Å². The first-order valence-electron chi connectivity index (χ1n) is 6.65. The molecule has 0 aromatic carbocycles. The molecule has 2 rings (SSSR count). The summed E-state index contributed by atoms with van der Waals surface area (Å²) in [4.78, 5) is 14.3. The lowest BCUT2D eigenvalue weighted by Crippen LogP contribution is -2.58. The standard InChI is InChI=1S/C13H24N2O/c1-13(11-7-4-3-5-8-11)12(16)15(2)10-6-9-14-13/h11,14H,3-10H2,1-2H3. The number of hydrogen-bond acceptors (Lipinski definition) is 2. The van der Waals surface area contributed by atoms with Gasteiger partial charge in [0.15, 0.2) is 0 Å². The van der Waals surface area contributed by atoms with Crippen LogP contribution in [0.4, 0.5) is 0 Å². The van der Waals surface area contributed by atoms with E-state index >= 15 is 0 Å². The smallest absolute Gasteiger partial charge is 0.242 e. The summed E-state index contributed by atoms with van der Waals surface area (Å²) in [6, 6.07) is 0. The summed E-state index contributed by atoms with van der Waals surface area (Å²) >= 11 is 0. The highest BCUT2D eigenvalue weighted by atomic mass is 16.2. The Morgan fingerprint density at radius 1 is 1.25 bits per heavy atom. The van der Waals surface area contributed by atoms with Gasteiger partial charge in [-0.05, 0) is 38.6 Å². The van der Waals surface area contributed by atoms with Gasteiger partial charge in [0, 0.05) is 13.6 Å². The Labute approximate surface area is 98.6 Å². The Bertz CT molecular complexity index is 261. The lowest BCUT2D eigenvalue weighted by molar-refractivity contribution is -0.138. The monoisotopic (exact) mass is 224 g/mol. The zero-order valence-corrected chi connectivity index (χ0v) is 10.6. The maximum atomic E-state index is 12.4. The highest BCUT2D eigenvalue weighted by molar-refractivity contribution is 5.86. The number of amides is 1. The fraction of sp³-hybridized carbons (Fsp3) is 0.923. The Morgan fingerprint density at radius 2 is 1.94 bits per heavy atom. The summed E-state index contributed by atoms with van der Waals surface area (Å²) in [6.07, 6.45) is 7.42. The molecule has 1 amide bonds. The van der Waals surface area contributed by atoms with Gasteiger partial charge in [0.1, 0.15) is 0 Å². The van der Waals surface area contributed by atoms with Crippen LogP contribution in [-0.4, -0.2) is 36.5 Å². The molecule has 16 heavy (non-hydrogen) atoms. The number of likely N-dealkylation sites (N-methyl/N-ethyl adjacent to an activating group) is 1. The van der Waals surface area contributed by atoms with E-state index in [0.29, 0.717) is 11.8 Å². The molecule has 0 spiro atoms. The molecule has 0 aromatic rings. The van der Waals surface area contributed by atoms with Crippen molar-refractivity contribution in [2.24, 2.45) is 5.92 Å². The van der Waals surface area contributed by atoms with Crippen LogP contribution in [0.3, 0.4) is 0 Å². The van der Waals surface area contributed by atoms with Crippen molar-refractivity contribution >= 4 is 5.91 Å². The average Bonchev–Trinajstić information content (AvgIpc) is 2.45. The first-order chi connectivity index (χ1) is 7.64. The molecule has 3 nitrogen and oxygen atoms in total. The van der Waals surface area contributed by atoms with Crippen molar-refractivity contribution < 1.29 is 4.79 Å². The van der Waals surface area contributed by atoms with Crippen LogP contribution in [0.1, 0.15) is 45.4 Å². The van der Waals surface area contributed by atoms with Crippen LogP contribution in [0.5, 0.6) is 0 Å². The molecule has 3 heteroatoms. The van der Waals surface area contributed by atoms with E-state index in [1.807, 2.05) is 11.9 Å². The predicted octanol–water partition coefficient (Wildman–Crippen LogP) is 1.78. The van der Waals surface area contributed by atoms with Gasteiger partial charge in [0.25, 0.3) is 0 Å². The first-order valence-corrected chi connectivity index (χ1v) is 6.65. The summed E-state index contributed by atoms with van der Waals surface area (Å²) in [5.41, 5.74) is -0.300. The van der Waals surface area contributed by atoms with E-state index in [9.17, 15) is 4.79 Å². The number of hydrogen-bond donors (Lipinski definition) is 1. The molecule has 0 bridgehead atoms. The molecule has 1 saturated carbocycles. The number of nitrogens with zero attached hydrogens (tertiary/aromatic N) is 1. The van der Waals surface area contributed by atoms with Gasteiger partial charge in [-0.2, -0.15) is 0 Å². The molecular formula is C13H24N2O. The number of carbonyl (C=O) groups excluding carboxylic acids is 1. The third kappa shape index (κ3) is 2.10. The third-order valence-corrected chi connectivity index (χ3v) is 4.38. The number of rotatable bonds is 1. The van der Waals surface area contributed by atoms with Crippen molar-refractivity contribution in [2.75, 3.05) is 20.1 Å². The Hall–Kier alpha value is -0.570. The largest absolute Gasteiger partial charge is 0.344 e. The Balaban J connectivity index is 2.15. The maximum absolute atomic E-state index is 12.4. The quantitative estimate of drug-likeness (QED) is 0.736. The Kier molecular flexibility index (Phi) is 3.53. The lowest BCUT2D eigenvalue weighted by Gasteiger charge is -2.39. The van der Waals surface area contributed by atoms with Gasteiger partial charge in [0.2, 0.25) is 5.91 Å². The molecule has 1 N–H and O–H groups in total. The minimum Gasteiger partial charge on any atom is -0.344 e. The highest BCUT2D eigenvalue weighted by Gasteiger charge is 2.43. The van der Waals surface area contributed by atoms with Crippen molar-refractivity contribution in [3.8, 4) is 0 Å². The third-order valence-electron chi connectivity index (χ3n) is 4.38. The maximum Gasteiger partial charge on any atom is 0.242 e. The summed E-state index contributed by atoms with van der Waals surface area (Å²) in [6.45, 7) is 3.99. The van der Waals surface area contributed by atoms with Crippen LogP contribution in [-0.2, 0) is 4.79 Å². The molecule has 0 aromatic heterocycles. The second-order valence-electron chi connectivity index (χ2n) is 5.54. The van der Waals surface area contributed by atoms with E-state index in [0.717, 1.165) is 19.5 Å². The molecule has 1 heterocycles. The zero-order chi connectivity index (χ0) is 11.6. The lowest BCUT2D eigenvalue weighted by atomic mass is 9.75. The molecule has 1 saturated heterocycles. The molecule has 1 aliphatic carbocycles. The van der Waals surface area contributed by atoms with E-state index in [1.54, 1.807) is 0 Å². The van der Waals surface area contributed by atoms with Crippen LogP contribution in [0.2, 0.25) is 0 Å². The van der Waals surface area contributed by atoms with Crippen LogP contribution < -0.4 is 5.32 Å². The fourth-order valence-electron chi connectivity index (χ4n) is 3.24. The molecule has 92 valence electrons. The molecule has 1 unspecified atom stereocenters. The second-order valence-corrected chi connectivity index (χ2v) is 5.54. The average molecular weight is 224 g/mol. The number of nitrogens with one attached hydrogen (secondary N) is 1. The molecular weight excluding hydrogens is 200 g/mol. The second kappa shape index (κ2) is 4.74. The Morgan fingerprint density at radius 3 is 2.62 bits per heavy atom. The van der Waals surface area contributed by atoms with Gasteiger partial charge in [-0.1, -0.05) is 19.3 Å². The van der Waals surface area contributed by atoms with Crippen molar-refractivity contribution in [1.82, 2.24) is 10.2 Å². The van der Waals surface area contributed by atoms with Crippen LogP contribution in [0.15, 0.2) is 0 Å². The summed E-state index contributed by atoms with van der Waals surface area (Å²) in [7, 11) is 1.94. The van der Waals surface area contributed by atoms with Crippen LogP contribution in [0, 0.1) is 5.92 Å². The van der Waals surface area contributed by atoms with Gasteiger partial charge in [-0.3, -0.25) is 4.79 Å². The molecule has 2 fully saturated rings. The minimum absolute atomic E-state index is 0.300. The van der Waals surface area contributed by atoms with Crippen molar-refractivity contribution in [1.29, 1.82) is 0 Å². The first kappa shape index (κ1) is 11.9. The van der Waals surface area contributed by atoms with Crippen molar-refractivity contribution in [3.05, 3.63) is 0 Å². The topological polar surface area (TPSA) is 32.3 Å². The summed E-state index contributed by atoms with van der Waals surface area (Å²) in [5.74, 6) is 0.839.